The Morgan fingerprint density at radius 2 is 0.583 bits per heavy atom. The Hall–Kier alpha value is -0.480. The predicted octanol–water partition coefficient (Wildman–Crippen LogP) is -2.01. The summed E-state index contributed by atoms with van der Waals surface area (Å²) in [5, 5.41) is 83.0. The van der Waals surface area contributed by atoms with E-state index in [1.54, 1.807) is 41.5 Å². The highest BCUT2D eigenvalue weighted by atomic mass is 16.6. The number of hydrogen-bond donors (Lipinski definition) is 9. The van der Waals surface area contributed by atoms with E-state index in [1.807, 2.05) is 0 Å². The monoisotopic (exact) mass is 528 g/mol. The van der Waals surface area contributed by atoms with E-state index in [-0.39, 0.29) is 55.3 Å². The van der Waals surface area contributed by atoms with Crippen LogP contribution in [0.1, 0.15) is 41.5 Å². The molecule has 0 aromatic carbocycles. The Morgan fingerprint density at radius 1 is 0.389 bits per heavy atom. The van der Waals surface area contributed by atoms with Crippen molar-refractivity contribution in [3.8, 4) is 0 Å². The molecule has 0 aliphatic carbocycles. The van der Waals surface area contributed by atoms with Gasteiger partial charge in [-0.2, -0.15) is 0 Å². The smallest absolute Gasteiger partial charge is 0.160 e. The van der Waals surface area contributed by atoms with Gasteiger partial charge >= 0.3 is 0 Å². The van der Waals surface area contributed by atoms with Gasteiger partial charge in [0.05, 0.1) is 56.4 Å². The van der Waals surface area contributed by atoms with Gasteiger partial charge in [-0.05, 0) is 0 Å². The van der Waals surface area contributed by atoms with Gasteiger partial charge in [-0.25, -0.2) is 0 Å². The van der Waals surface area contributed by atoms with Crippen LogP contribution in [0.25, 0.3) is 0 Å². The first kappa shape index (κ1) is 33.5. The third-order valence-corrected chi connectivity index (χ3v) is 7.82. The van der Waals surface area contributed by atoms with E-state index < -0.39 is 55.5 Å². The van der Waals surface area contributed by atoms with Gasteiger partial charge in [-0.1, -0.05) is 41.5 Å². The first-order chi connectivity index (χ1) is 16.7. The summed E-state index contributed by atoms with van der Waals surface area (Å²) in [7, 11) is 0. The SMILES string of the molecule is C[C@@H]1[C@H](O)[C@H](C)[C@H](CO)O[C@H]1O.C[C@H]1[C@H](O)[C@H](C)[C@H](CO)O[C@H]1O.C[C@H]1[C@H](O)[C@H](C)[C@H](CO)O[C@H]1O. The van der Waals surface area contributed by atoms with E-state index in [2.05, 4.69) is 0 Å². The van der Waals surface area contributed by atoms with Gasteiger partial charge < -0.3 is 60.2 Å². The van der Waals surface area contributed by atoms with E-state index in [0.717, 1.165) is 0 Å². The minimum Gasteiger partial charge on any atom is -0.394 e. The molecule has 0 aromatic rings. The van der Waals surface area contributed by atoms with Crippen LogP contribution in [0.15, 0.2) is 0 Å². The molecule has 0 saturated carbocycles. The van der Waals surface area contributed by atoms with E-state index in [4.69, 9.17) is 29.5 Å². The molecule has 12 heteroatoms. The number of rotatable bonds is 3. The van der Waals surface area contributed by atoms with E-state index in [0.29, 0.717) is 0 Å². The van der Waals surface area contributed by atoms with Crippen LogP contribution in [-0.4, -0.2) is 121 Å². The summed E-state index contributed by atoms with van der Waals surface area (Å²) in [6, 6.07) is 0. The van der Waals surface area contributed by atoms with Crippen LogP contribution < -0.4 is 0 Å². The Morgan fingerprint density at radius 3 is 0.750 bits per heavy atom. The molecule has 9 N–H and O–H groups in total. The Kier molecular flexibility index (Phi) is 14.2. The topological polar surface area (TPSA) is 210 Å². The van der Waals surface area contributed by atoms with Crippen LogP contribution in [0.4, 0.5) is 0 Å². The number of hydrogen-bond acceptors (Lipinski definition) is 12. The lowest BCUT2D eigenvalue weighted by molar-refractivity contribution is -0.248. The highest BCUT2D eigenvalue weighted by Gasteiger charge is 2.41. The zero-order chi connectivity index (χ0) is 27.9. The highest BCUT2D eigenvalue weighted by molar-refractivity contribution is 4.85. The zero-order valence-corrected chi connectivity index (χ0v) is 22.0. The van der Waals surface area contributed by atoms with Crippen molar-refractivity contribution in [2.45, 2.75) is 97.0 Å². The van der Waals surface area contributed by atoms with Gasteiger partial charge in [-0.15, -0.1) is 0 Å². The molecule has 36 heavy (non-hydrogen) atoms. The molecular weight excluding hydrogens is 480 g/mol. The maximum Gasteiger partial charge on any atom is 0.160 e. The lowest BCUT2D eigenvalue weighted by atomic mass is 9.86. The Balaban J connectivity index is 0.000000270. The number of aliphatic hydroxyl groups excluding tert-OH is 9. The van der Waals surface area contributed by atoms with Crippen LogP contribution in [0.3, 0.4) is 0 Å². The van der Waals surface area contributed by atoms with Crippen LogP contribution in [-0.2, 0) is 14.2 Å². The minimum absolute atomic E-state index is 0.131. The maximum atomic E-state index is 9.57. The summed E-state index contributed by atoms with van der Waals surface area (Å²) < 4.78 is 15.2. The molecule has 3 rings (SSSR count). The molecule has 3 saturated heterocycles. The van der Waals surface area contributed by atoms with Gasteiger partial charge in [0.15, 0.2) is 18.9 Å². The van der Waals surface area contributed by atoms with Gasteiger partial charge in [0.2, 0.25) is 0 Å². The van der Waals surface area contributed by atoms with Crippen LogP contribution >= 0.6 is 0 Å². The lowest BCUT2D eigenvalue weighted by Gasteiger charge is -2.39. The molecular formula is C24H48O12. The predicted molar refractivity (Wildman–Crippen MR) is 127 cm³/mol. The molecule has 12 nitrogen and oxygen atoms in total. The fraction of sp³-hybridized carbons (Fsp3) is 1.00. The quantitative estimate of drug-likeness (QED) is 0.194. The third-order valence-electron chi connectivity index (χ3n) is 7.82. The van der Waals surface area contributed by atoms with Gasteiger partial charge in [0.1, 0.15) is 0 Å². The fourth-order valence-corrected chi connectivity index (χ4v) is 4.51. The largest absolute Gasteiger partial charge is 0.394 e. The molecule has 15 atom stereocenters. The molecule has 3 aliphatic rings. The molecule has 216 valence electrons. The van der Waals surface area contributed by atoms with Crippen molar-refractivity contribution in [1.82, 2.24) is 0 Å². The second-order valence-corrected chi connectivity index (χ2v) is 10.4. The van der Waals surface area contributed by atoms with Crippen molar-refractivity contribution < 1.29 is 60.2 Å². The zero-order valence-electron chi connectivity index (χ0n) is 22.0. The second kappa shape index (κ2) is 15.2. The summed E-state index contributed by atoms with van der Waals surface area (Å²) in [6.07, 6.45) is -6.07. The first-order valence-electron chi connectivity index (χ1n) is 12.6. The van der Waals surface area contributed by atoms with E-state index >= 15 is 0 Å². The van der Waals surface area contributed by atoms with Crippen LogP contribution in [0.2, 0.25) is 0 Å². The molecule has 0 bridgehead atoms. The minimum atomic E-state index is -0.964. The summed E-state index contributed by atoms with van der Waals surface area (Å²) in [4.78, 5) is 0. The molecule has 0 radical (unpaired) electrons. The number of ether oxygens (including phenoxy) is 3. The summed E-state index contributed by atoms with van der Waals surface area (Å²) >= 11 is 0. The van der Waals surface area contributed by atoms with Crippen molar-refractivity contribution in [2.24, 2.45) is 35.5 Å². The Labute approximate surface area is 213 Å². The standard InChI is InChI=1S/3C8H16O4/c3*1-4-6(3-9)12-8(11)5(2)7(4)10/h3*4-11H,3H2,1-2H3/t2*4-,5+,6+,7-,8-;4-,5-,6+,7-,8-/m111/s1. The third kappa shape index (κ3) is 8.26. The second-order valence-electron chi connectivity index (χ2n) is 10.4. The molecule has 0 aromatic heterocycles. The molecule has 3 fully saturated rings. The summed E-state index contributed by atoms with van der Waals surface area (Å²) in [6.45, 7) is 10.1. The maximum absolute atomic E-state index is 9.57. The van der Waals surface area contributed by atoms with Gasteiger partial charge in [0.25, 0.3) is 0 Å². The molecule has 3 heterocycles. The van der Waals surface area contributed by atoms with E-state index in [1.165, 1.54) is 0 Å². The van der Waals surface area contributed by atoms with Crippen molar-refractivity contribution in [3.63, 3.8) is 0 Å². The molecule has 3 aliphatic heterocycles. The normalized spacial score (nSPS) is 49.2. The number of aliphatic hydroxyl groups is 9. The molecule has 0 amide bonds. The van der Waals surface area contributed by atoms with Crippen LogP contribution in [0, 0.1) is 35.5 Å². The first-order valence-corrected chi connectivity index (χ1v) is 12.6. The Bertz CT molecular complexity index is 517. The molecule has 0 spiro atoms. The van der Waals surface area contributed by atoms with Crippen LogP contribution in [0.5, 0.6) is 0 Å². The average Bonchev–Trinajstić information content (AvgIpc) is 2.87. The van der Waals surface area contributed by atoms with Crippen molar-refractivity contribution in [3.05, 3.63) is 0 Å². The van der Waals surface area contributed by atoms with Gasteiger partial charge in [-0.3, -0.25) is 0 Å². The average molecular weight is 529 g/mol. The highest BCUT2D eigenvalue weighted by Crippen LogP contribution is 2.30. The van der Waals surface area contributed by atoms with Gasteiger partial charge in [0, 0.05) is 35.5 Å². The summed E-state index contributed by atoms with van der Waals surface area (Å²) in [5.74, 6) is -1.26. The lowest BCUT2D eigenvalue weighted by Crippen LogP contribution is -2.50. The molecule has 0 unspecified atom stereocenters. The van der Waals surface area contributed by atoms with Crippen molar-refractivity contribution in [2.75, 3.05) is 19.8 Å². The van der Waals surface area contributed by atoms with Crippen molar-refractivity contribution in [1.29, 1.82) is 0 Å². The summed E-state index contributed by atoms with van der Waals surface area (Å²) in [5.41, 5.74) is 0. The van der Waals surface area contributed by atoms with E-state index in [9.17, 15) is 30.6 Å². The van der Waals surface area contributed by atoms with Crippen molar-refractivity contribution >= 4 is 0 Å². The fourth-order valence-electron chi connectivity index (χ4n) is 4.51.